The van der Waals surface area contributed by atoms with Gasteiger partial charge in [0.1, 0.15) is 23.2 Å². The van der Waals surface area contributed by atoms with Gasteiger partial charge in [0.25, 0.3) is 5.91 Å². The topological polar surface area (TPSA) is 94.5 Å². The Balaban J connectivity index is 1.82. The van der Waals surface area contributed by atoms with E-state index in [1.165, 1.54) is 0 Å². The number of aryl methyl sites for hydroxylation is 1. The van der Waals surface area contributed by atoms with E-state index in [-0.39, 0.29) is 17.9 Å². The molecular weight excluding hydrogens is 308 g/mol. The molecule has 7 heteroatoms. The number of nitrogens with two attached hydrogens (primary N) is 1. The third-order valence-corrected chi connectivity index (χ3v) is 4.13. The number of nitrogens with zero attached hydrogens (tertiary/aromatic N) is 3. The third-order valence-electron chi connectivity index (χ3n) is 4.13. The molecule has 0 bridgehead atoms. The Morgan fingerprint density at radius 2 is 2.21 bits per heavy atom. The van der Waals surface area contributed by atoms with E-state index >= 15 is 0 Å². The van der Waals surface area contributed by atoms with E-state index in [1.807, 2.05) is 26.0 Å². The van der Waals surface area contributed by atoms with E-state index in [4.69, 9.17) is 15.0 Å². The van der Waals surface area contributed by atoms with Crippen LogP contribution in [0, 0.1) is 6.92 Å². The second-order valence-corrected chi connectivity index (χ2v) is 6.25. The minimum Gasteiger partial charge on any atom is -0.384 e. The molecule has 1 fully saturated rings. The van der Waals surface area contributed by atoms with Crippen LogP contribution in [-0.4, -0.2) is 40.6 Å². The van der Waals surface area contributed by atoms with Gasteiger partial charge in [0, 0.05) is 6.54 Å². The molecule has 3 heterocycles. The molecule has 0 unspecified atom stereocenters. The molecule has 1 aliphatic heterocycles. The molecule has 0 spiro atoms. The number of nitrogen functional groups attached to an aromatic ring is 1. The molecule has 128 valence electrons. The van der Waals surface area contributed by atoms with Crippen LogP contribution in [-0.2, 0) is 4.74 Å². The van der Waals surface area contributed by atoms with Crippen LogP contribution in [0.2, 0.25) is 0 Å². The largest absolute Gasteiger partial charge is 0.384 e. The molecule has 1 atom stereocenters. The minimum absolute atomic E-state index is 0.0744. The molecule has 1 aliphatic rings. The maximum Gasteiger partial charge on any atom is 0.259 e. The quantitative estimate of drug-likeness (QED) is 0.928. The van der Waals surface area contributed by atoms with Crippen LogP contribution >= 0.6 is 0 Å². The lowest BCUT2D eigenvalue weighted by atomic mass is 10.0. The van der Waals surface area contributed by atoms with Crippen LogP contribution in [0.25, 0.3) is 0 Å². The number of morpholine rings is 1. The summed E-state index contributed by atoms with van der Waals surface area (Å²) < 4.78 is 11.0. The number of aromatic nitrogens is 2. The van der Waals surface area contributed by atoms with E-state index in [0.29, 0.717) is 42.5 Å². The standard InChI is InChI=1S/C17H22N4O3/c1-10(2)16-15(11(3)24-20-16)17(22)21-7-8-23-13(9-21)12-5-4-6-14(18)19-12/h4-6,10,13H,7-9H2,1-3H3,(H2,18,19)/t13-/m0/s1. The molecule has 1 amide bonds. The highest BCUT2D eigenvalue weighted by Gasteiger charge is 2.31. The smallest absolute Gasteiger partial charge is 0.259 e. The van der Waals surface area contributed by atoms with Crippen molar-refractivity contribution in [3.05, 3.63) is 40.9 Å². The summed E-state index contributed by atoms with van der Waals surface area (Å²) >= 11 is 0. The Morgan fingerprint density at radius 3 is 2.92 bits per heavy atom. The Hall–Kier alpha value is -2.41. The summed E-state index contributed by atoms with van der Waals surface area (Å²) in [5.41, 5.74) is 7.74. The number of carbonyl (C=O) groups is 1. The molecule has 0 radical (unpaired) electrons. The van der Waals surface area contributed by atoms with Crippen LogP contribution in [0.1, 0.15) is 53.4 Å². The molecule has 2 aromatic rings. The first kappa shape index (κ1) is 16.4. The second kappa shape index (κ2) is 6.60. The van der Waals surface area contributed by atoms with Crippen molar-refractivity contribution < 1.29 is 14.1 Å². The van der Waals surface area contributed by atoms with Gasteiger partial charge < -0.3 is 19.9 Å². The summed E-state index contributed by atoms with van der Waals surface area (Å²) in [5, 5.41) is 4.04. The van der Waals surface area contributed by atoms with Gasteiger partial charge in [-0.15, -0.1) is 0 Å². The second-order valence-electron chi connectivity index (χ2n) is 6.25. The predicted octanol–water partition coefficient (Wildman–Crippen LogP) is 2.30. The summed E-state index contributed by atoms with van der Waals surface area (Å²) in [5.74, 6) is 1.04. The first-order chi connectivity index (χ1) is 11.5. The molecule has 0 aromatic carbocycles. The fourth-order valence-electron chi connectivity index (χ4n) is 2.86. The average Bonchev–Trinajstić information content (AvgIpc) is 2.96. The monoisotopic (exact) mass is 330 g/mol. The Labute approximate surface area is 140 Å². The first-order valence-electron chi connectivity index (χ1n) is 8.07. The molecule has 7 nitrogen and oxygen atoms in total. The van der Waals surface area contributed by atoms with Gasteiger partial charge in [0.05, 0.1) is 24.5 Å². The number of carbonyl (C=O) groups excluding carboxylic acids is 1. The zero-order valence-electron chi connectivity index (χ0n) is 14.2. The maximum absolute atomic E-state index is 13.0. The molecule has 1 saturated heterocycles. The molecular formula is C17H22N4O3. The summed E-state index contributed by atoms with van der Waals surface area (Å²) in [4.78, 5) is 19.0. The van der Waals surface area contributed by atoms with E-state index in [9.17, 15) is 4.79 Å². The van der Waals surface area contributed by atoms with Crippen LogP contribution in [0.3, 0.4) is 0 Å². The zero-order valence-corrected chi connectivity index (χ0v) is 14.2. The minimum atomic E-state index is -0.283. The van der Waals surface area contributed by atoms with Gasteiger partial charge in [-0.3, -0.25) is 4.79 Å². The number of rotatable bonds is 3. The molecule has 0 saturated carbocycles. The Kier molecular flexibility index (Phi) is 4.53. The number of hydrogen-bond acceptors (Lipinski definition) is 6. The normalized spacial score (nSPS) is 18.2. The van der Waals surface area contributed by atoms with Gasteiger partial charge >= 0.3 is 0 Å². The predicted molar refractivity (Wildman–Crippen MR) is 88.6 cm³/mol. The Morgan fingerprint density at radius 1 is 1.42 bits per heavy atom. The maximum atomic E-state index is 13.0. The molecule has 2 N–H and O–H groups in total. The lowest BCUT2D eigenvalue weighted by Gasteiger charge is -2.32. The fourth-order valence-corrected chi connectivity index (χ4v) is 2.86. The van der Waals surface area contributed by atoms with Crippen molar-refractivity contribution in [2.45, 2.75) is 32.8 Å². The highest BCUT2D eigenvalue weighted by molar-refractivity contribution is 5.96. The van der Waals surface area contributed by atoms with Gasteiger partial charge in [0.15, 0.2) is 0 Å². The number of pyridine rings is 1. The summed E-state index contributed by atoms with van der Waals surface area (Å²) in [6.07, 6.45) is -0.283. The molecule has 2 aromatic heterocycles. The average molecular weight is 330 g/mol. The van der Waals surface area contributed by atoms with Crippen LogP contribution in [0.15, 0.2) is 22.7 Å². The van der Waals surface area contributed by atoms with Crippen molar-refractivity contribution in [2.75, 3.05) is 25.4 Å². The van der Waals surface area contributed by atoms with Crippen molar-refractivity contribution in [1.82, 2.24) is 15.0 Å². The number of amides is 1. The van der Waals surface area contributed by atoms with Crippen molar-refractivity contribution >= 4 is 11.7 Å². The van der Waals surface area contributed by atoms with Gasteiger partial charge in [-0.1, -0.05) is 25.1 Å². The van der Waals surface area contributed by atoms with E-state index < -0.39 is 0 Å². The first-order valence-corrected chi connectivity index (χ1v) is 8.07. The number of hydrogen-bond donors (Lipinski definition) is 1. The SMILES string of the molecule is Cc1onc(C(C)C)c1C(=O)N1CCO[C@H](c2cccc(N)n2)C1. The molecule has 3 rings (SSSR count). The van der Waals surface area contributed by atoms with Crippen molar-refractivity contribution in [3.63, 3.8) is 0 Å². The van der Waals surface area contributed by atoms with Crippen LogP contribution in [0.4, 0.5) is 5.82 Å². The van der Waals surface area contributed by atoms with E-state index in [2.05, 4.69) is 10.1 Å². The number of anilines is 1. The summed E-state index contributed by atoms with van der Waals surface area (Å²) in [6.45, 7) is 7.16. The van der Waals surface area contributed by atoms with Gasteiger partial charge in [-0.2, -0.15) is 0 Å². The van der Waals surface area contributed by atoms with Crippen molar-refractivity contribution in [2.24, 2.45) is 0 Å². The summed E-state index contributed by atoms with van der Waals surface area (Å²) in [6, 6.07) is 5.42. The molecule has 24 heavy (non-hydrogen) atoms. The number of ether oxygens (including phenoxy) is 1. The summed E-state index contributed by atoms with van der Waals surface area (Å²) in [7, 11) is 0. The highest BCUT2D eigenvalue weighted by atomic mass is 16.5. The van der Waals surface area contributed by atoms with E-state index in [1.54, 1.807) is 17.9 Å². The highest BCUT2D eigenvalue weighted by Crippen LogP contribution is 2.26. The van der Waals surface area contributed by atoms with E-state index in [0.717, 1.165) is 5.69 Å². The van der Waals surface area contributed by atoms with Gasteiger partial charge in [0.2, 0.25) is 0 Å². The van der Waals surface area contributed by atoms with Crippen molar-refractivity contribution in [1.29, 1.82) is 0 Å². The van der Waals surface area contributed by atoms with Crippen molar-refractivity contribution in [3.8, 4) is 0 Å². The molecule has 0 aliphatic carbocycles. The fraction of sp³-hybridized carbons (Fsp3) is 0.471. The lowest BCUT2D eigenvalue weighted by molar-refractivity contribution is -0.0247. The Bertz CT molecular complexity index is 741. The van der Waals surface area contributed by atoms with Gasteiger partial charge in [-0.05, 0) is 25.0 Å². The lowest BCUT2D eigenvalue weighted by Crippen LogP contribution is -2.42. The van der Waals surface area contributed by atoms with Gasteiger partial charge in [-0.25, -0.2) is 4.98 Å². The van der Waals surface area contributed by atoms with Crippen LogP contribution in [0.5, 0.6) is 0 Å². The third kappa shape index (κ3) is 3.12. The zero-order chi connectivity index (χ0) is 17.3. The van der Waals surface area contributed by atoms with Crippen LogP contribution < -0.4 is 5.73 Å².